The van der Waals surface area contributed by atoms with Crippen LogP contribution in [0.4, 0.5) is 5.69 Å². The molecular formula is C11H10BrCl2NO. The van der Waals surface area contributed by atoms with Gasteiger partial charge in [0.2, 0.25) is 5.91 Å². The molecule has 5 heteroatoms. The predicted molar refractivity (Wildman–Crippen MR) is 70.7 cm³/mol. The second-order valence-electron chi connectivity index (χ2n) is 3.64. The molecule has 1 heterocycles. The second-order valence-corrected chi connectivity index (χ2v) is 4.99. The van der Waals surface area contributed by atoms with Gasteiger partial charge in [0.05, 0.1) is 10.7 Å². The monoisotopic (exact) mass is 321 g/mol. The average molecular weight is 323 g/mol. The molecule has 0 aliphatic carbocycles. The molecule has 0 unspecified atom stereocenters. The van der Waals surface area contributed by atoms with E-state index >= 15 is 0 Å². The van der Waals surface area contributed by atoms with Crippen LogP contribution in [0.1, 0.15) is 18.4 Å². The van der Waals surface area contributed by atoms with Crippen LogP contribution in [0.25, 0.3) is 0 Å². The van der Waals surface area contributed by atoms with Crippen LogP contribution in [0.2, 0.25) is 10.0 Å². The lowest BCUT2D eigenvalue weighted by molar-refractivity contribution is -0.117. The summed E-state index contributed by atoms with van der Waals surface area (Å²) in [5.74, 6) is 0.129. The molecule has 0 radical (unpaired) electrons. The summed E-state index contributed by atoms with van der Waals surface area (Å²) in [6.45, 7) is 0.738. The Labute approximate surface area is 113 Å². The molecule has 1 aliphatic rings. The molecule has 16 heavy (non-hydrogen) atoms. The number of hydrogen-bond donors (Lipinski definition) is 0. The van der Waals surface area contributed by atoms with Gasteiger partial charge < -0.3 is 4.90 Å². The lowest BCUT2D eigenvalue weighted by atomic mass is 10.2. The van der Waals surface area contributed by atoms with E-state index in [1.165, 1.54) is 0 Å². The number of halogens is 3. The van der Waals surface area contributed by atoms with Crippen molar-refractivity contribution in [3.63, 3.8) is 0 Å². The first-order valence-corrected chi connectivity index (χ1v) is 6.86. The van der Waals surface area contributed by atoms with E-state index in [9.17, 15) is 4.79 Å². The lowest BCUT2D eigenvalue weighted by Crippen LogP contribution is -2.24. The van der Waals surface area contributed by atoms with Gasteiger partial charge in [0, 0.05) is 28.9 Å². The van der Waals surface area contributed by atoms with Crippen LogP contribution in [0.15, 0.2) is 12.1 Å². The Kier molecular flexibility index (Phi) is 3.77. The van der Waals surface area contributed by atoms with Crippen LogP contribution >= 0.6 is 39.1 Å². The highest BCUT2D eigenvalue weighted by molar-refractivity contribution is 9.08. The quantitative estimate of drug-likeness (QED) is 0.753. The van der Waals surface area contributed by atoms with Crippen molar-refractivity contribution >= 4 is 50.7 Å². The third-order valence-electron chi connectivity index (χ3n) is 2.66. The molecule has 1 aromatic carbocycles. The largest absolute Gasteiger partial charge is 0.311 e. The summed E-state index contributed by atoms with van der Waals surface area (Å²) in [4.78, 5) is 13.4. The molecule has 2 nitrogen and oxygen atoms in total. The average Bonchev–Trinajstić information content (AvgIpc) is 2.66. The Morgan fingerprint density at radius 2 is 2.12 bits per heavy atom. The van der Waals surface area contributed by atoms with Crippen LogP contribution in [0.5, 0.6) is 0 Å². The smallest absolute Gasteiger partial charge is 0.227 e. The zero-order valence-corrected chi connectivity index (χ0v) is 11.6. The SMILES string of the molecule is O=C1CCCN1c1ccc(Cl)c(CBr)c1Cl. The summed E-state index contributed by atoms with van der Waals surface area (Å²) in [7, 11) is 0. The maximum Gasteiger partial charge on any atom is 0.227 e. The van der Waals surface area contributed by atoms with E-state index in [0.717, 1.165) is 24.2 Å². The fraction of sp³-hybridized carbons (Fsp3) is 0.364. The summed E-state index contributed by atoms with van der Waals surface area (Å²) >= 11 is 15.6. The van der Waals surface area contributed by atoms with E-state index in [2.05, 4.69) is 15.9 Å². The Bertz CT molecular complexity index is 436. The number of hydrogen-bond acceptors (Lipinski definition) is 1. The van der Waals surface area contributed by atoms with Crippen LogP contribution in [-0.4, -0.2) is 12.5 Å². The minimum Gasteiger partial charge on any atom is -0.311 e. The Balaban J connectivity index is 2.45. The van der Waals surface area contributed by atoms with E-state index in [0.29, 0.717) is 21.8 Å². The number of amides is 1. The molecule has 1 aliphatic heterocycles. The fourth-order valence-electron chi connectivity index (χ4n) is 1.82. The molecule has 0 spiro atoms. The van der Waals surface area contributed by atoms with Gasteiger partial charge in [0.25, 0.3) is 0 Å². The second kappa shape index (κ2) is 4.94. The molecule has 0 bridgehead atoms. The lowest BCUT2D eigenvalue weighted by Gasteiger charge is -2.19. The van der Waals surface area contributed by atoms with Gasteiger partial charge in [-0.25, -0.2) is 0 Å². The third kappa shape index (κ3) is 2.08. The van der Waals surface area contributed by atoms with Crippen LogP contribution in [0.3, 0.4) is 0 Å². The molecule has 1 aromatic rings. The van der Waals surface area contributed by atoms with Crippen LogP contribution < -0.4 is 4.90 Å². The summed E-state index contributed by atoms with van der Waals surface area (Å²) in [5.41, 5.74) is 1.60. The van der Waals surface area contributed by atoms with Crippen molar-refractivity contribution in [1.82, 2.24) is 0 Å². The van der Waals surface area contributed by atoms with Crippen molar-refractivity contribution in [3.8, 4) is 0 Å². The van der Waals surface area contributed by atoms with E-state index < -0.39 is 0 Å². The van der Waals surface area contributed by atoms with Gasteiger partial charge in [-0.3, -0.25) is 4.79 Å². The van der Waals surface area contributed by atoms with Crippen molar-refractivity contribution in [2.24, 2.45) is 0 Å². The molecule has 1 amide bonds. The zero-order chi connectivity index (χ0) is 11.7. The van der Waals surface area contributed by atoms with Crippen LogP contribution in [0, 0.1) is 0 Å². The summed E-state index contributed by atoms with van der Waals surface area (Å²) in [6, 6.07) is 3.59. The maximum absolute atomic E-state index is 11.6. The van der Waals surface area contributed by atoms with Crippen molar-refractivity contribution in [1.29, 1.82) is 0 Å². The van der Waals surface area contributed by atoms with Gasteiger partial charge in [-0.15, -0.1) is 0 Å². The van der Waals surface area contributed by atoms with Gasteiger partial charge in [0.1, 0.15) is 0 Å². The first-order chi connectivity index (χ1) is 7.65. The number of rotatable bonds is 2. The van der Waals surface area contributed by atoms with Gasteiger partial charge in [-0.2, -0.15) is 0 Å². The summed E-state index contributed by atoms with van der Waals surface area (Å²) in [5, 5.41) is 1.78. The van der Waals surface area contributed by atoms with Crippen LogP contribution in [-0.2, 0) is 10.1 Å². The molecule has 0 aromatic heterocycles. The molecule has 2 rings (SSSR count). The highest BCUT2D eigenvalue weighted by Crippen LogP contribution is 2.36. The maximum atomic E-state index is 11.6. The fourth-order valence-corrected chi connectivity index (χ4v) is 3.33. The molecule has 0 N–H and O–H groups in total. The van der Waals surface area contributed by atoms with Gasteiger partial charge in [-0.05, 0) is 18.6 Å². The first kappa shape index (κ1) is 12.2. The van der Waals surface area contributed by atoms with E-state index in [4.69, 9.17) is 23.2 Å². The molecule has 1 saturated heterocycles. The van der Waals surface area contributed by atoms with Gasteiger partial charge in [0.15, 0.2) is 0 Å². The molecule has 0 saturated carbocycles. The first-order valence-electron chi connectivity index (χ1n) is 4.98. The Morgan fingerprint density at radius 3 is 2.69 bits per heavy atom. The highest BCUT2D eigenvalue weighted by atomic mass is 79.9. The third-order valence-corrected chi connectivity index (χ3v) is 4.00. The number of carbonyl (C=O) groups excluding carboxylic acids is 1. The minimum absolute atomic E-state index is 0.129. The van der Waals surface area contributed by atoms with E-state index in [1.807, 2.05) is 0 Å². The van der Waals surface area contributed by atoms with E-state index in [1.54, 1.807) is 17.0 Å². The zero-order valence-electron chi connectivity index (χ0n) is 8.47. The van der Waals surface area contributed by atoms with Crippen molar-refractivity contribution in [2.45, 2.75) is 18.2 Å². The molecule has 1 fully saturated rings. The topological polar surface area (TPSA) is 20.3 Å². The Morgan fingerprint density at radius 1 is 1.38 bits per heavy atom. The van der Waals surface area contributed by atoms with Crippen molar-refractivity contribution in [2.75, 3.05) is 11.4 Å². The van der Waals surface area contributed by atoms with Gasteiger partial charge in [-0.1, -0.05) is 39.1 Å². The molecule has 0 atom stereocenters. The summed E-state index contributed by atoms with van der Waals surface area (Å²) in [6.07, 6.45) is 1.49. The number of alkyl halides is 1. The Hall–Kier alpha value is -0.250. The number of benzene rings is 1. The predicted octanol–water partition coefficient (Wildman–Crippen LogP) is 4.02. The van der Waals surface area contributed by atoms with E-state index in [-0.39, 0.29) is 5.91 Å². The normalized spacial score (nSPS) is 15.9. The highest BCUT2D eigenvalue weighted by Gasteiger charge is 2.24. The van der Waals surface area contributed by atoms with Crippen molar-refractivity contribution in [3.05, 3.63) is 27.7 Å². The number of carbonyl (C=O) groups is 1. The molecule has 86 valence electrons. The standard InChI is InChI=1S/C11H10BrCl2NO/c12-6-7-8(13)3-4-9(11(7)14)15-5-1-2-10(15)16/h3-4H,1-2,5-6H2. The van der Waals surface area contributed by atoms with Crippen molar-refractivity contribution < 1.29 is 4.79 Å². The summed E-state index contributed by atoms with van der Waals surface area (Å²) < 4.78 is 0. The molecular weight excluding hydrogens is 313 g/mol. The number of anilines is 1. The van der Waals surface area contributed by atoms with Gasteiger partial charge >= 0.3 is 0 Å². The number of nitrogens with zero attached hydrogens (tertiary/aromatic N) is 1. The minimum atomic E-state index is 0.129.